The summed E-state index contributed by atoms with van der Waals surface area (Å²) in [6.07, 6.45) is 4.39. The zero-order valence-corrected chi connectivity index (χ0v) is 17.6. The predicted molar refractivity (Wildman–Crippen MR) is 112 cm³/mol. The summed E-state index contributed by atoms with van der Waals surface area (Å²) in [5, 5.41) is 6.58. The molecular formula is C17H29FIN3S. The Morgan fingerprint density at radius 2 is 2.09 bits per heavy atom. The van der Waals surface area contributed by atoms with Gasteiger partial charge in [-0.15, -0.1) is 24.0 Å². The van der Waals surface area contributed by atoms with Crippen LogP contribution in [0.4, 0.5) is 4.39 Å². The molecule has 0 heterocycles. The molecule has 0 aliphatic heterocycles. The Balaban J connectivity index is 0.00000484. The molecule has 1 atom stereocenters. The minimum Gasteiger partial charge on any atom is -0.357 e. The molecule has 2 N–H and O–H groups in total. The lowest BCUT2D eigenvalue weighted by atomic mass is 10.1. The molecule has 23 heavy (non-hydrogen) atoms. The molecule has 1 rings (SSSR count). The van der Waals surface area contributed by atoms with Gasteiger partial charge in [0.2, 0.25) is 0 Å². The molecule has 132 valence electrons. The lowest BCUT2D eigenvalue weighted by Crippen LogP contribution is -2.38. The average Bonchev–Trinajstić information content (AvgIpc) is 2.49. The summed E-state index contributed by atoms with van der Waals surface area (Å²) in [6, 6.07) is 5.38. The van der Waals surface area contributed by atoms with Crippen molar-refractivity contribution in [2.45, 2.75) is 39.7 Å². The van der Waals surface area contributed by atoms with Crippen LogP contribution in [-0.4, -0.2) is 31.1 Å². The van der Waals surface area contributed by atoms with Crippen LogP contribution in [0.25, 0.3) is 0 Å². The minimum atomic E-state index is -0.162. The smallest absolute Gasteiger partial charge is 0.191 e. The minimum absolute atomic E-state index is 0. The third kappa shape index (κ3) is 8.79. The van der Waals surface area contributed by atoms with E-state index in [1.54, 1.807) is 13.0 Å². The van der Waals surface area contributed by atoms with Gasteiger partial charge in [0.05, 0.1) is 6.04 Å². The van der Waals surface area contributed by atoms with E-state index in [1.807, 2.05) is 37.7 Å². The highest BCUT2D eigenvalue weighted by Gasteiger charge is 2.09. The highest BCUT2D eigenvalue weighted by Crippen LogP contribution is 2.16. The maximum absolute atomic E-state index is 13.7. The van der Waals surface area contributed by atoms with Crippen molar-refractivity contribution >= 4 is 41.7 Å². The van der Waals surface area contributed by atoms with Gasteiger partial charge in [-0.2, -0.15) is 11.8 Å². The van der Waals surface area contributed by atoms with E-state index in [1.165, 1.54) is 12.2 Å². The Morgan fingerprint density at radius 3 is 2.70 bits per heavy atom. The van der Waals surface area contributed by atoms with Gasteiger partial charge in [0.1, 0.15) is 5.82 Å². The van der Waals surface area contributed by atoms with Gasteiger partial charge < -0.3 is 10.6 Å². The first-order valence-corrected chi connectivity index (χ1v) is 9.27. The van der Waals surface area contributed by atoms with Crippen LogP contribution < -0.4 is 10.6 Å². The number of halogens is 2. The lowest BCUT2D eigenvalue weighted by molar-refractivity contribution is 0.607. The fraction of sp³-hybridized carbons (Fsp3) is 0.588. The number of hydrogen-bond acceptors (Lipinski definition) is 2. The van der Waals surface area contributed by atoms with E-state index in [2.05, 4.69) is 21.9 Å². The Hall–Kier alpha value is -0.500. The van der Waals surface area contributed by atoms with E-state index in [9.17, 15) is 4.39 Å². The van der Waals surface area contributed by atoms with Crippen LogP contribution in [-0.2, 0) is 0 Å². The van der Waals surface area contributed by atoms with Gasteiger partial charge in [-0.25, -0.2) is 4.39 Å². The number of aryl methyl sites for hydroxylation is 1. The largest absolute Gasteiger partial charge is 0.357 e. The SMILES string of the molecule is CCNC(=NCCCCSC)NC(C)c1ccc(C)c(F)c1.I. The lowest BCUT2D eigenvalue weighted by Gasteiger charge is -2.18. The van der Waals surface area contributed by atoms with Crippen LogP contribution in [0.2, 0.25) is 0 Å². The number of thioether (sulfide) groups is 1. The molecule has 0 saturated heterocycles. The summed E-state index contributed by atoms with van der Waals surface area (Å²) in [6.45, 7) is 7.46. The van der Waals surface area contributed by atoms with Gasteiger partial charge in [0.25, 0.3) is 0 Å². The number of benzene rings is 1. The molecule has 0 amide bonds. The van der Waals surface area contributed by atoms with E-state index < -0.39 is 0 Å². The Morgan fingerprint density at radius 1 is 1.35 bits per heavy atom. The molecular weight excluding hydrogens is 424 g/mol. The van der Waals surface area contributed by atoms with Gasteiger partial charge in [-0.1, -0.05) is 12.1 Å². The van der Waals surface area contributed by atoms with Crippen molar-refractivity contribution in [2.75, 3.05) is 25.1 Å². The zero-order valence-electron chi connectivity index (χ0n) is 14.5. The highest BCUT2D eigenvalue weighted by molar-refractivity contribution is 14.0. The first-order chi connectivity index (χ1) is 10.6. The Kier molecular flexibility index (Phi) is 12.6. The van der Waals surface area contributed by atoms with Crippen LogP contribution in [0.1, 0.15) is 43.9 Å². The predicted octanol–water partition coefficient (Wildman–Crippen LogP) is 4.51. The highest BCUT2D eigenvalue weighted by atomic mass is 127. The molecule has 0 aliphatic carbocycles. The topological polar surface area (TPSA) is 36.4 Å². The molecule has 0 bridgehead atoms. The molecule has 0 aromatic heterocycles. The molecule has 1 aromatic carbocycles. The van der Waals surface area contributed by atoms with E-state index in [0.29, 0.717) is 5.56 Å². The van der Waals surface area contributed by atoms with Crippen LogP contribution in [0.3, 0.4) is 0 Å². The standard InChI is InChI=1S/C17H28FN3S.HI/c1-5-19-17(20-10-6-7-11-22-4)21-14(3)15-9-8-13(2)16(18)12-15;/h8-9,12,14H,5-7,10-11H2,1-4H3,(H2,19,20,21);1H. The molecule has 1 aromatic rings. The number of rotatable bonds is 8. The third-order valence-electron chi connectivity index (χ3n) is 3.42. The monoisotopic (exact) mass is 453 g/mol. The number of unbranched alkanes of at least 4 members (excludes halogenated alkanes) is 1. The molecule has 0 saturated carbocycles. The second-order valence-corrected chi connectivity index (χ2v) is 6.32. The molecule has 0 radical (unpaired) electrons. The van der Waals surface area contributed by atoms with E-state index >= 15 is 0 Å². The van der Waals surface area contributed by atoms with E-state index in [-0.39, 0.29) is 35.8 Å². The maximum atomic E-state index is 13.7. The van der Waals surface area contributed by atoms with Crippen LogP contribution in [0.15, 0.2) is 23.2 Å². The van der Waals surface area contributed by atoms with Gasteiger partial charge in [0, 0.05) is 13.1 Å². The van der Waals surface area contributed by atoms with Crippen molar-refractivity contribution in [2.24, 2.45) is 4.99 Å². The Labute approximate surface area is 161 Å². The van der Waals surface area contributed by atoms with Crippen molar-refractivity contribution < 1.29 is 4.39 Å². The molecule has 6 heteroatoms. The molecule has 0 fully saturated rings. The quantitative estimate of drug-likeness (QED) is 0.263. The van der Waals surface area contributed by atoms with Gasteiger partial charge >= 0.3 is 0 Å². The molecule has 0 spiro atoms. The van der Waals surface area contributed by atoms with Crippen molar-refractivity contribution in [3.63, 3.8) is 0 Å². The number of nitrogens with zero attached hydrogens (tertiary/aromatic N) is 1. The number of nitrogens with one attached hydrogen (secondary N) is 2. The third-order valence-corrected chi connectivity index (χ3v) is 4.12. The summed E-state index contributed by atoms with van der Waals surface area (Å²) in [4.78, 5) is 4.58. The average molecular weight is 453 g/mol. The summed E-state index contributed by atoms with van der Waals surface area (Å²) < 4.78 is 13.7. The normalized spacial score (nSPS) is 12.5. The second-order valence-electron chi connectivity index (χ2n) is 5.34. The zero-order chi connectivity index (χ0) is 16.4. The number of guanidine groups is 1. The summed E-state index contributed by atoms with van der Waals surface area (Å²) in [5.41, 5.74) is 1.60. The molecule has 1 unspecified atom stereocenters. The van der Waals surface area contributed by atoms with E-state index in [0.717, 1.165) is 31.0 Å². The van der Waals surface area contributed by atoms with Crippen molar-refractivity contribution in [3.8, 4) is 0 Å². The maximum Gasteiger partial charge on any atom is 0.191 e. The summed E-state index contributed by atoms with van der Waals surface area (Å²) in [5.74, 6) is 1.81. The summed E-state index contributed by atoms with van der Waals surface area (Å²) >= 11 is 1.87. The summed E-state index contributed by atoms with van der Waals surface area (Å²) in [7, 11) is 0. The first-order valence-electron chi connectivity index (χ1n) is 7.88. The molecule has 3 nitrogen and oxygen atoms in total. The molecule has 0 aliphatic rings. The van der Waals surface area contributed by atoms with Gasteiger partial charge in [0.15, 0.2) is 5.96 Å². The second kappa shape index (κ2) is 12.9. The number of aliphatic imine (C=N–C) groups is 1. The van der Waals surface area contributed by atoms with Gasteiger partial charge in [-0.3, -0.25) is 4.99 Å². The fourth-order valence-electron chi connectivity index (χ4n) is 2.04. The van der Waals surface area contributed by atoms with Crippen molar-refractivity contribution in [3.05, 3.63) is 35.1 Å². The fourth-order valence-corrected chi connectivity index (χ4v) is 2.53. The van der Waals surface area contributed by atoms with E-state index in [4.69, 9.17) is 0 Å². The first kappa shape index (κ1) is 22.5. The van der Waals surface area contributed by atoms with Crippen molar-refractivity contribution in [1.82, 2.24) is 10.6 Å². The van der Waals surface area contributed by atoms with Crippen LogP contribution >= 0.6 is 35.7 Å². The van der Waals surface area contributed by atoms with Crippen LogP contribution in [0.5, 0.6) is 0 Å². The van der Waals surface area contributed by atoms with Crippen molar-refractivity contribution in [1.29, 1.82) is 0 Å². The van der Waals surface area contributed by atoms with Crippen LogP contribution in [0, 0.1) is 12.7 Å². The Bertz CT molecular complexity index is 483. The van der Waals surface area contributed by atoms with Gasteiger partial charge in [-0.05, 0) is 62.8 Å². The number of hydrogen-bond donors (Lipinski definition) is 2.